The van der Waals surface area contributed by atoms with Crippen molar-refractivity contribution in [1.82, 2.24) is 15.0 Å². The molecule has 6 N–H and O–H groups in total. The van der Waals surface area contributed by atoms with E-state index in [1.165, 1.54) is 6.20 Å². The maximum Gasteiger partial charge on any atom is 0.261 e. The number of hydrogen-bond acceptors (Lipinski definition) is 4. The smallest absolute Gasteiger partial charge is 0.261 e. The minimum Gasteiger partial charge on any atom is -0.398 e. The number of hydrogen-bond donors (Lipinski definition) is 4. The third-order valence-electron chi connectivity index (χ3n) is 3.81. The van der Waals surface area contributed by atoms with Gasteiger partial charge in [0, 0.05) is 24.5 Å². The molecule has 2 heterocycles. The lowest BCUT2D eigenvalue weighted by Crippen LogP contribution is -2.13. The van der Waals surface area contributed by atoms with E-state index in [1.54, 1.807) is 13.1 Å². The number of aromatic amines is 2. The predicted molar refractivity (Wildman–Crippen MR) is 92.6 cm³/mol. The molecule has 0 amide bonds. The Kier molecular flexibility index (Phi) is 3.61. The van der Waals surface area contributed by atoms with Crippen molar-refractivity contribution in [3.05, 3.63) is 45.9 Å². The van der Waals surface area contributed by atoms with Gasteiger partial charge in [0.15, 0.2) is 0 Å². The number of pyridine rings is 1. The molecule has 2 aromatic heterocycles. The lowest BCUT2D eigenvalue weighted by molar-refractivity contribution is 1.15. The number of aromatic nitrogens is 3. The molecule has 0 radical (unpaired) electrons. The number of H-pyrrole nitrogens is 2. The Morgan fingerprint density at radius 2 is 2.17 bits per heavy atom. The fraction of sp³-hybridized carbons (Fsp3) is 0.188. The zero-order chi connectivity index (χ0) is 16.6. The Morgan fingerprint density at radius 1 is 1.39 bits per heavy atom. The van der Waals surface area contributed by atoms with Crippen LogP contribution in [-0.2, 0) is 6.42 Å². The van der Waals surface area contributed by atoms with Crippen molar-refractivity contribution in [3.8, 4) is 11.4 Å². The van der Waals surface area contributed by atoms with Gasteiger partial charge in [-0.15, -0.1) is 0 Å². The minimum atomic E-state index is -0.281. The predicted octanol–water partition coefficient (Wildman–Crippen LogP) is 1.40. The van der Waals surface area contributed by atoms with Crippen LogP contribution in [0.15, 0.2) is 34.2 Å². The Labute approximate surface area is 132 Å². The largest absolute Gasteiger partial charge is 0.398 e. The van der Waals surface area contributed by atoms with Crippen LogP contribution in [0.1, 0.15) is 18.1 Å². The number of rotatable bonds is 3. The molecule has 0 aliphatic rings. The van der Waals surface area contributed by atoms with E-state index < -0.39 is 0 Å². The number of aryl methyl sites for hydroxylation is 1. The van der Waals surface area contributed by atoms with Crippen LogP contribution < -0.4 is 17.0 Å². The molecule has 0 spiro atoms. The van der Waals surface area contributed by atoms with Crippen molar-refractivity contribution in [2.45, 2.75) is 13.3 Å². The second-order valence-corrected chi connectivity index (χ2v) is 5.22. The molecule has 1 aromatic carbocycles. The molecular formula is C16H18N6O. The second-order valence-electron chi connectivity index (χ2n) is 5.22. The maximum absolute atomic E-state index is 12.1. The van der Waals surface area contributed by atoms with Crippen molar-refractivity contribution in [2.75, 3.05) is 12.8 Å². The molecule has 0 atom stereocenters. The summed E-state index contributed by atoms with van der Waals surface area (Å²) < 4.78 is 0. The number of aliphatic imine (C=N–C) groups is 1. The lowest BCUT2D eigenvalue weighted by Gasteiger charge is -2.04. The minimum absolute atomic E-state index is 0.281. The first-order valence-electron chi connectivity index (χ1n) is 7.28. The summed E-state index contributed by atoms with van der Waals surface area (Å²) in [6.45, 7) is 2.04. The molecule has 7 heteroatoms. The van der Waals surface area contributed by atoms with Crippen LogP contribution in [0.3, 0.4) is 0 Å². The van der Waals surface area contributed by atoms with Crippen LogP contribution in [0.5, 0.6) is 0 Å². The molecule has 0 fully saturated rings. The fourth-order valence-electron chi connectivity index (χ4n) is 2.59. The standard InChI is InChI=1S/C16H18N6O/c1-3-8-6-9(14(18)19-2)7-11-13(8)22-15(21-11)12-10(17)4-5-20-16(12)23/h4-7H,3H2,1-2H3,(H2,18,19)(H,21,22)(H3,17,20,23). The van der Waals surface area contributed by atoms with E-state index in [2.05, 4.69) is 19.9 Å². The summed E-state index contributed by atoms with van der Waals surface area (Å²) in [4.78, 5) is 26.4. The summed E-state index contributed by atoms with van der Waals surface area (Å²) >= 11 is 0. The van der Waals surface area contributed by atoms with Crippen molar-refractivity contribution in [3.63, 3.8) is 0 Å². The number of imidazole rings is 1. The highest BCUT2D eigenvalue weighted by Gasteiger charge is 2.15. The van der Waals surface area contributed by atoms with Crippen molar-refractivity contribution in [2.24, 2.45) is 10.7 Å². The summed E-state index contributed by atoms with van der Waals surface area (Å²) in [5.74, 6) is 0.896. The number of benzene rings is 1. The van der Waals surface area contributed by atoms with Crippen molar-refractivity contribution >= 4 is 22.6 Å². The molecule has 7 nitrogen and oxygen atoms in total. The summed E-state index contributed by atoms with van der Waals surface area (Å²) in [7, 11) is 1.65. The van der Waals surface area contributed by atoms with Crippen molar-refractivity contribution in [1.29, 1.82) is 0 Å². The quantitative estimate of drug-likeness (QED) is 0.431. The number of fused-ring (bicyclic) bond motifs is 1. The highest BCUT2D eigenvalue weighted by Crippen LogP contribution is 2.25. The van der Waals surface area contributed by atoms with Gasteiger partial charge in [0.1, 0.15) is 17.2 Å². The van der Waals surface area contributed by atoms with Crippen molar-refractivity contribution < 1.29 is 0 Å². The van der Waals surface area contributed by atoms with E-state index in [0.717, 1.165) is 28.6 Å². The molecule has 3 rings (SSSR count). The third-order valence-corrected chi connectivity index (χ3v) is 3.81. The molecule has 0 aliphatic carbocycles. The molecule has 0 saturated carbocycles. The molecule has 23 heavy (non-hydrogen) atoms. The number of nitrogens with one attached hydrogen (secondary N) is 2. The van der Waals surface area contributed by atoms with Gasteiger partial charge in [-0.25, -0.2) is 4.98 Å². The second kappa shape index (κ2) is 5.60. The Hall–Kier alpha value is -3.09. The molecule has 118 valence electrons. The van der Waals surface area contributed by atoms with Gasteiger partial charge in [-0.05, 0) is 30.2 Å². The highest BCUT2D eigenvalue weighted by molar-refractivity contribution is 6.01. The van der Waals surface area contributed by atoms with Gasteiger partial charge in [-0.1, -0.05) is 6.92 Å². The van der Waals surface area contributed by atoms with E-state index in [4.69, 9.17) is 11.5 Å². The first-order chi connectivity index (χ1) is 11.0. The van der Waals surface area contributed by atoms with E-state index in [0.29, 0.717) is 22.9 Å². The normalized spacial score (nSPS) is 12.0. The summed E-state index contributed by atoms with van der Waals surface area (Å²) in [5.41, 5.74) is 15.7. The number of nitrogen functional groups attached to an aromatic ring is 1. The van der Waals surface area contributed by atoms with Crippen LogP contribution in [0.2, 0.25) is 0 Å². The van der Waals surface area contributed by atoms with E-state index in [9.17, 15) is 4.79 Å². The van der Waals surface area contributed by atoms with Gasteiger partial charge in [0.25, 0.3) is 5.56 Å². The zero-order valence-corrected chi connectivity index (χ0v) is 13.0. The van der Waals surface area contributed by atoms with Gasteiger partial charge < -0.3 is 21.4 Å². The van der Waals surface area contributed by atoms with Gasteiger partial charge in [-0.2, -0.15) is 0 Å². The van der Waals surface area contributed by atoms with Crippen LogP contribution in [0.4, 0.5) is 5.69 Å². The Morgan fingerprint density at radius 3 is 2.83 bits per heavy atom. The van der Waals surface area contributed by atoms with Crippen LogP contribution in [0, 0.1) is 0 Å². The average molecular weight is 310 g/mol. The lowest BCUT2D eigenvalue weighted by atomic mass is 10.1. The zero-order valence-electron chi connectivity index (χ0n) is 13.0. The molecule has 0 bridgehead atoms. The molecule has 0 aliphatic heterocycles. The number of amidine groups is 1. The maximum atomic E-state index is 12.1. The van der Waals surface area contributed by atoms with E-state index >= 15 is 0 Å². The topological polar surface area (TPSA) is 126 Å². The van der Waals surface area contributed by atoms with Gasteiger partial charge in [0.05, 0.1) is 11.0 Å². The molecular weight excluding hydrogens is 292 g/mol. The first kappa shape index (κ1) is 14.8. The molecule has 0 saturated heterocycles. The number of nitrogens with zero attached hydrogens (tertiary/aromatic N) is 2. The SMILES string of the molecule is CCc1cc(C(N)=NC)cc2[nH]c(-c3c(N)cc[nH]c3=O)nc12. The van der Waals surface area contributed by atoms with Crippen LogP contribution in [0.25, 0.3) is 22.4 Å². The van der Waals surface area contributed by atoms with E-state index in [1.807, 2.05) is 19.1 Å². The average Bonchev–Trinajstić information content (AvgIpc) is 2.96. The Balaban J connectivity index is 2.29. The van der Waals surface area contributed by atoms with E-state index in [-0.39, 0.29) is 5.56 Å². The van der Waals surface area contributed by atoms with Gasteiger partial charge >= 0.3 is 0 Å². The Bertz CT molecular complexity index is 966. The van der Waals surface area contributed by atoms with Crippen LogP contribution in [-0.4, -0.2) is 27.8 Å². The highest BCUT2D eigenvalue weighted by atomic mass is 16.1. The third kappa shape index (κ3) is 2.46. The van der Waals surface area contributed by atoms with Crippen LogP contribution >= 0.6 is 0 Å². The first-order valence-corrected chi connectivity index (χ1v) is 7.28. The fourth-order valence-corrected chi connectivity index (χ4v) is 2.59. The number of anilines is 1. The molecule has 0 unspecified atom stereocenters. The van der Waals surface area contributed by atoms with Gasteiger partial charge in [0.2, 0.25) is 0 Å². The summed E-state index contributed by atoms with van der Waals surface area (Å²) in [5, 5.41) is 0. The summed E-state index contributed by atoms with van der Waals surface area (Å²) in [6.07, 6.45) is 2.30. The number of nitrogens with two attached hydrogens (primary N) is 2. The van der Waals surface area contributed by atoms with Gasteiger partial charge in [-0.3, -0.25) is 9.79 Å². The molecule has 3 aromatic rings. The summed E-state index contributed by atoms with van der Waals surface area (Å²) in [6, 6.07) is 5.48. The monoisotopic (exact) mass is 310 g/mol.